The number of anilines is 1. The highest BCUT2D eigenvalue weighted by Gasteiger charge is 2.62. The van der Waals surface area contributed by atoms with Crippen molar-refractivity contribution in [2.75, 3.05) is 19.0 Å². The Morgan fingerprint density at radius 2 is 1.64 bits per heavy atom. The van der Waals surface area contributed by atoms with Gasteiger partial charge in [0.1, 0.15) is 40.1 Å². The Hall–Kier alpha value is -6.38. The van der Waals surface area contributed by atoms with E-state index in [2.05, 4.69) is 26.9 Å². The number of benzene rings is 3. The van der Waals surface area contributed by atoms with Crippen molar-refractivity contribution in [3.63, 3.8) is 0 Å². The number of hydrogen-bond acceptors (Lipinski definition) is 11. The van der Waals surface area contributed by atoms with Gasteiger partial charge in [-0.2, -0.15) is 4.99 Å². The molecule has 1 unspecified atom stereocenters. The SMILES string of the molecule is C=C[C@@H]1C[C@]1(N=C=O)C1NC(=O)[C@@H]2C[C@@H](Oc3cc(-c4ccccc4)nc4cc(OC)ccc34)CN2C(=O)CCCCCCCCC(=O)Nc2ccccc2S(=O)(=O)NC1=O. The minimum Gasteiger partial charge on any atom is -0.497 e. The molecule has 61 heavy (non-hydrogen) atoms. The van der Waals surface area contributed by atoms with Crippen LogP contribution < -0.4 is 24.8 Å². The van der Waals surface area contributed by atoms with Crippen molar-refractivity contribution in [2.45, 2.75) is 92.8 Å². The first-order valence-corrected chi connectivity index (χ1v) is 21.9. The lowest BCUT2D eigenvalue weighted by Gasteiger charge is -2.28. The summed E-state index contributed by atoms with van der Waals surface area (Å²) in [6, 6.07) is 19.6. The molecule has 3 heterocycles. The van der Waals surface area contributed by atoms with Crippen molar-refractivity contribution < 1.29 is 41.9 Å². The third kappa shape index (κ3) is 9.50. The van der Waals surface area contributed by atoms with Gasteiger partial charge in [0, 0.05) is 48.3 Å². The molecular weight excluding hydrogens is 801 g/mol. The lowest BCUT2D eigenvalue weighted by molar-refractivity contribution is -0.139. The van der Waals surface area contributed by atoms with Crippen molar-refractivity contribution in [1.29, 1.82) is 0 Å². The molecule has 1 saturated heterocycles. The zero-order valence-corrected chi connectivity index (χ0v) is 34.6. The number of amides is 4. The number of aromatic nitrogens is 1. The van der Waals surface area contributed by atoms with Crippen LogP contribution in [-0.4, -0.2) is 85.4 Å². The van der Waals surface area contributed by atoms with E-state index in [1.54, 1.807) is 25.3 Å². The Morgan fingerprint density at radius 1 is 0.918 bits per heavy atom. The average molecular weight is 849 g/mol. The topological polar surface area (TPSA) is 203 Å². The third-order valence-electron chi connectivity index (χ3n) is 11.6. The average Bonchev–Trinajstić information content (AvgIpc) is 3.80. The fourth-order valence-electron chi connectivity index (χ4n) is 8.27. The first-order chi connectivity index (χ1) is 29.5. The van der Waals surface area contributed by atoms with Crippen LogP contribution in [0.2, 0.25) is 0 Å². The lowest BCUT2D eigenvalue weighted by atomic mass is 10.0. The van der Waals surface area contributed by atoms with Gasteiger partial charge in [-0.15, -0.1) is 6.58 Å². The van der Waals surface area contributed by atoms with E-state index < -0.39 is 57.4 Å². The number of para-hydroxylation sites is 1. The van der Waals surface area contributed by atoms with Crippen molar-refractivity contribution in [2.24, 2.45) is 10.9 Å². The maximum Gasteiger partial charge on any atom is 0.266 e. The molecule has 0 radical (unpaired) electrons. The summed E-state index contributed by atoms with van der Waals surface area (Å²) in [4.78, 5) is 77.4. The molecule has 5 atom stereocenters. The summed E-state index contributed by atoms with van der Waals surface area (Å²) in [7, 11) is -3.11. The van der Waals surface area contributed by atoms with Gasteiger partial charge < -0.3 is 25.0 Å². The van der Waals surface area contributed by atoms with E-state index in [0.717, 1.165) is 31.2 Å². The molecule has 15 nitrogen and oxygen atoms in total. The number of hydrogen-bond donors (Lipinski definition) is 3. The number of sulfonamides is 1. The quantitative estimate of drug-likeness (QED) is 0.119. The number of carbonyl (C=O) groups excluding carboxylic acids is 5. The van der Waals surface area contributed by atoms with Gasteiger partial charge in [-0.1, -0.05) is 74.2 Å². The highest BCUT2D eigenvalue weighted by atomic mass is 32.2. The summed E-state index contributed by atoms with van der Waals surface area (Å²) in [5.41, 5.74) is 0.463. The number of methoxy groups -OCH3 is 1. The molecule has 0 spiro atoms. The Balaban J connectivity index is 1.23. The molecule has 1 aromatic heterocycles. The lowest BCUT2D eigenvalue weighted by Crippen LogP contribution is -2.59. The van der Waals surface area contributed by atoms with Crippen LogP contribution in [-0.2, 0) is 34.0 Å². The molecule has 3 N–H and O–H groups in total. The van der Waals surface area contributed by atoms with Crippen molar-refractivity contribution >= 4 is 56.3 Å². The zero-order chi connectivity index (χ0) is 43.1. The van der Waals surface area contributed by atoms with Crippen LogP contribution in [0, 0.1) is 5.92 Å². The second-order valence-electron chi connectivity index (χ2n) is 15.6. The predicted molar refractivity (Wildman–Crippen MR) is 227 cm³/mol. The zero-order valence-electron chi connectivity index (χ0n) is 33.8. The van der Waals surface area contributed by atoms with Gasteiger partial charge in [-0.3, -0.25) is 19.2 Å². The molecule has 4 amide bonds. The number of rotatable bonds is 7. The van der Waals surface area contributed by atoms with Crippen LogP contribution in [0.5, 0.6) is 11.5 Å². The van der Waals surface area contributed by atoms with Gasteiger partial charge in [0.15, 0.2) is 0 Å². The van der Waals surface area contributed by atoms with Gasteiger partial charge in [0.2, 0.25) is 23.8 Å². The van der Waals surface area contributed by atoms with Crippen LogP contribution in [0.25, 0.3) is 22.2 Å². The molecule has 7 rings (SSSR count). The summed E-state index contributed by atoms with van der Waals surface area (Å²) in [5.74, 6) is -2.15. The number of aliphatic imine (C=N–C) groups is 1. The van der Waals surface area contributed by atoms with Crippen molar-refractivity contribution in [3.8, 4) is 22.8 Å². The molecule has 0 bridgehead atoms. The summed E-state index contributed by atoms with van der Waals surface area (Å²) in [5, 5.41) is 6.02. The van der Waals surface area contributed by atoms with Crippen LogP contribution in [0.15, 0.2) is 101 Å². The van der Waals surface area contributed by atoms with E-state index in [0.29, 0.717) is 40.9 Å². The van der Waals surface area contributed by atoms with Gasteiger partial charge in [-0.25, -0.2) is 22.9 Å². The molecule has 4 aromatic rings. The fourth-order valence-corrected chi connectivity index (χ4v) is 9.43. The van der Waals surface area contributed by atoms with Crippen LogP contribution >= 0.6 is 0 Å². The Bertz CT molecular complexity index is 2490. The van der Waals surface area contributed by atoms with E-state index in [-0.39, 0.29) is 48.7 Å². The van der Waals surface area contributed by atoms with E-state index in [4.69, 9.17) is 14.5 Å². The highest BCUT2D eigenvalue weighted by molar-refractivity contribution is 7.90. The van der Waals surface area contributed by atoms with Crippen molar-refractivity contribution in [3.05, 3.63) is 91.5 Å². The number of fused-ring (bicyclic) bond motifs is 3. The molecule has 2 aliphatic heterocycles. The fraction of sp³-hybridized carbons (Fsp3) is 0.378. The van der Waals surface area contributed by atoms with E-state index >= 15 is 0 Å². The maximum absolute atomic E-state index is 14.6. The second-order valence-corrected chi connectivity index (χ2v) is 17.3. The molecule has 318 valence electrons. The maximum atomic E-state index is 14.6. The molecule has 3 aromatic carbocycles. The third-order valence-corrected chi connectivity index (χ3v) is 13.0. The first kappa shape index (κ1) is 42.7. The van der Waals surface area contributed by atoms with Crippen LogP contribution in [0.1, 0.15) is 64.2 Å². The number of pyridine rings is 1. The minimum atomic E-state index is -4.67. The van der Waals surface area contributed by atoms with Gasteiger partial charge >= 0.3 is 0 Å². The number of carbonyl (C=O) groups is 4. The monoisotopic (exact) mass is 848 g/mol. The number of ether oxygens (including phenoxy) is 2. The Morgan fingerprint density at radius 3 is 2.36 bits per heavy atom. The number of nitrogens with one attached hydrogen (secondary N) is 3. The van der Waals surface area contributed by atoms with Gasteiger partial charge in [-0.05, 0) is 43.5 Å². The molecule has 2 fully saturated rings. The number of isocyanates is 1. The standard InChI is InChI=1S/C45H48N6O9S/c1-3-30-26-45(30,46-28-52)42-44(56)50-61(57,58)39-18-14-13-17-34(39)48-40(53)19-11-6-4-5-7-12-20-41(54)51-27-32(24-37(51)43(55)49-42)60-38-25-35(29-15-9-8-10-16-29)47-36-23-31(59-2)21-22-33(36)38/h3,8-10,13-18,21-23,25,30,32,37,42H,1,4-7,11-12,19-20,24,26-27H2,2H3,(H,48,53)(H,49,55)(H,50,56)/t30-,32-,37+,42?,45-/m1/s1. The van der Waals surface area contributed by atoms with Gasteiger partial charge in [0.25, 0.3) is 15.9 Å². The van der Waals surface area contributed by atoms with Gasteiger partial charge in [0.05, 0.1) is 30.6 Å². The largest absolute Gasteiger partial charge is 0.497 e. The van der Waals surface area contributed by atoms with Crippen LogP contribution in [0.4, 0.5) is 5.69 Å². The van der Waals surface area contributed by atoms with Crippen LogP contribution in [0.3, 0.4) is 0 Å². The molecule has 3 aliphatic rings. The summed E-state index contributed by atoms with van der Waals surface area (Å²) in [6.45, 7) is 3.82. The second kappa shape index (κ2) is 18.5. The molecular formula is C45H48N6O9S. The molecule has 1 saturated carbocycles. The summed E-state index contributed by atoms with van der Waals surface area (Å²) >= 11 is 0. The van der Waals surface area contributed by atoms with E-state index in [1.165, 1.54) is 35.3 Å². The summed E-state index contributed by atoms with van der Waals surface area (Å²) < 4.78 is 42.0. The smallest absolute Gasteiger partial charge is 0.266 e. The normalized spacial score (nSPS) is 25.0. The van der Waals surface area contributed by atoms with Crippen molar-refractivity contribution in [1.82, 2.24) is 19.9 Å². The highest BCUT2D eigenvalue weighted by Crippen LogP contribution is 2.50. The summed E-state index contributed by atoms with van der Waals surface area (Å²) in [6.07, 6.45) is 6.96. The Kier molecular flexibility index (Phi) is 12.9. The van der Waals surface area contributed by atoms with E-state index in [9.17, 15) is 32.4 Å². The molecule has 1 aliphatic carbocycles. The molecule has 16 heteroatoms. The van der Waals surface area contributed by atoms with E-state index in [1.807, 2.05) is 42.5 Å². The first-order valence-electron chi connectivity index (χ1n) is 20.4. The Labute approximate surface area is 354 Å². The number of nitrogens with zero attached hydrogens (tertiary/aromatic N) is 3. The minimum absolute atomic E-state index is 0.0206. The predicted octanol–water partition coefficient (Wildman–Crippen LogP) is 5.60.